The summed E-state index contributed by atoms with van der Waals surface area (Å²) < 4.78 is 0. The summed E-state index contributed by atoms with van der Waals surface area (Å²) in [6, 6.07) is 6.37. The van der Waals surface area contributed by atoms with E-state index in [-0.39, 0.29) is 5.41 Å². The van der Waals surface area contributed by atoms with Crippen LogP contribution in [0.4, 0.5) is 0 Å². The average Bonchev–Trinajstić information content (AvgIpc) is 2.13. The van der Waals surface area contributed by atoms with Gasteiger partial charge in [-0.2, -0.15) is 0 Å². The third-order valence-electron chi connectivity index (χ3n) is 3.81. The molecule has 1 aliphatic rings. The van der Waals surface area contributed by atoms with Crippen LogP contribution in [0, 0.1) is 0 Å². The van der Waals surface area contributed by atoms with E-state index in [1.54, 1.807) is 0 Å². The van der Waals surface area contributed by atoms with Gasteiger partial charge in [0, 0.05) is 5.02 Å². The topological polar surface area (TPSA) is 0 Å². The smallest absolute Gasteiger partial charge is 0.0409 e. The van der Waals surface area contributed by atoms with Crippen LogP contribution in [0.2, 0.25) is 5.02 Å². The molecule has 0 spiro atoms. The molecule has 82 valence electrons. The minimum atomic E-state index is 0.274. The van der Waals surface area contributed by atoms with Crippen molar-refractivity contribution < 1.29 is 0 Å². The lowest BCUT2D eigenvalue weighted by molar-refractivity contribution is 0.332. The molecule has 1 aliphatic carbocycles. The first-order valence-electron chi connectivity index (χ1n) is 5.63. The Kier molecular flexibility index (Phi) is 2.38. The molecule has 15 heavy (non-hydrogen) atoms. The number of rotatable bonds is 0. The molecule has 0 nitrogen and oxygen atoms in total. The lowest BCUT2D eigenvalue weighted by Gasteiger charge is -2.41. The molecule has 0 N–H and O–H groups in total. The molecule has 0 fully saturated rings. The van der Waals surface area contributed by atoms with Crippen LogP contribution in [0.1, 0.15) is 51.7 Å². The van der Waals surface area contributed by atoms with Crippen LogP contribution in [-0.4, -0.2) is 0 Å². The van der Waals surface area contributed by atoms with Crippen LogP contribution in [0.5, 0.6) is 0 Å². The highest BCUT2D eigenvalue weighted by atomic mass is 35.5. The second-order valence-electron chi connectivity index (χ2n) is 5.96. The van der Waals surface area contributed by atoms with E-state index in [1.807, 2.05) is 6.07 Å². The molecule has 0 aromatic heterocycles. The van der Waals surface area contributed by atoms with Gasteiger partial charge in [-0.3, -0.25) is 0 Å². The Hall–Kier alpha value is -0.490. The zero-order valence-corrected chi connectivity index (χ0v) is 10.8. The first-order chi connectivity index (χ1) is 6.83. The highest BCUT2D eigenvalue weighted by Gasteiger charge is 2.36. The van der Waals surface area contributed by atoms with Gasteiger partial charge < -0.3 is 0 Å². The second kappa shape index (κ2) is 3.25. The number of halogens is 1. The quantitative estimate of drug-likeness (QED) is 0.598. The van der Waals surface area contributed by atoms with Crippen molar-refractivity contribution in [2.45, 2.75) is 51.4 Å². The predicted molar refractivity (Wildman–Crippen MR) is 66.7 cm³/mol. The molecule has 0 saturated carbocycles. The highest BCUT2D eigenvalue weighted by Crippen LogP contribution is 2.46. The van der Waals surface area contributed by atoms with Gasteiger partial charge >= 0.3 is 0 Å². The Labute approximate surface area is 97.6 Å². The summed E-state index contributed by atoms with van der Waals surface area (Å²) in [4.78, 5) is 0. The van der Waals surface area contributed by atoms with E-state index in [9.17, 15) is 0 Å². The molecule has 0 unspecified atom stereocenters. The van der Waals surface area contributed by atoms with E-state index in [4.69, 9.17) is 11.6 Å². The Morgan fingerprint density at radius 3 is 2.07 bits per heavy atom. The van der Waals surface area contributed by atoms with E-state index in [1.165, 1.54) is 24.0 Å². The van der Waals surface area contributed by atoms with E-state index >= 15 is 0 Å². The molecule has 1 aromatic rings. The lowest BCUT2D eigenvalue weighted by atomic mass is 9.63. The van der Waals surface area contributed by atoms with Crippen LogP contribution in [-0.2, 0) is 10.8 Å². The predicted octanol–water partition coefficient (Wildman–Crippen LogP) is 4.69. The van der Waals surface area contributed by atoms with Gasteiger partial charge in [-0.1, -0.05) is 45.4 Å². The fourth-order valence-electron chi connectivity index (χ4n) is 2.56. The minimum Gasteiger partial charge on any atom is -0.0843 e. The van der Waals surface area contributed by atoms with Gasteiger partial charge in [0.1, 0.15) is 0 Å². The van der Waals surface area contributed by atoms with Crippen molar-refractivity contribution in [3.8, 4) is 0 Å². The van der Waals surface area contributed by atoms with Crippen LogP contribution in [0.15, 0.2) is 18.2 Å². The summed E-state index contributed by atoms with van der Waals surface area (Å²) in [5.41, 5.74) is 3.49. The van der Waals surface area contributed by atoms with Crippen molar-refractivity contribution in [1.82, 2.24) is 0 Å². The van der Waals surface area contributed by atoms with Gasteiger partial charge in [0.15, 0.2) is 0 Å². The number of hydrogen-bond acceptors (Lipinski definition) is 0. The Balaban J connectivity index is 2.64. The Morgan fingerprint density at radius 1 is 0.933 bits per heavy atom. The zero-order chi connectivity index (χ0) is 11.3. The van der Waals surface area contributed by atoms with E-state index < -0.39 is 0 Å². The van der Waals surface area contributed by atoms with E-state index in [2.05, 4.69) is 39.8 Å². The molecule has 1 aromatic carbocycles. The summed E-state index contributed by atoms with van der Waals surface area (Å²) in [6.07, 6.45) is 2.50. The van der Waals surface area contributed by atoms with Crippen molar-refractivity contribution in [2.75, 3.05) is 0 Å². The number of fused-ring (bicyclic) bond motifs is 1. The first-order valence-corrected chi connectivity index (χ1v) is 6.01. The molecular weight excluding hydrogens is 204 g/mol. The molecule has 0 saturated heterocycles. The third kappa shape index (κ3) is 1.80. The highest BCUT2D eigenvalue weighted by molar-refractivity contribution is 6.30. The van der Waals surface area contributed by atoms with Gasteiger partial charge in [0.05, 0.1) is 0 Å². The van der Waals surface area contributed by atoms with Gasteiger partial charge in [-0.25, -0.2) is 0 Å². The molecule has 0 amide bonds. The van der Waals surface area contributed by atoms with Crippen molar-refractivity contribution in [3.63, 3.8) is 0 Å². The van der Waals surface area contributed by atoms with Crippen molar-refractivity contribution in [1.29, 1.82) is 0 Å². The maximum absolute atomic E-state index is 6.10. The minimum absolute atomic E-state index is 0.274. The molecule has 0 atom stereocenters. The molecule has 0 heterocycles. The lowest BCUT2D eigenvalue weighted by Crippen LogP contribution is -2.33. The van der Waals surface area contributed by atoms with Crippen molar-refractivity contribution in [3.05, 3.63) is 34.3 Å². The van der Waals surface area contributed by atoms with Crippen LogP contribution in [0.25, 0.3) is 0 Å². The van der Waals surface area contributed by atoms with Gasteiger partial charge in [0.2, 0.25) is 0 Å². The molecular formula is C14H19Cl. The second-order valence-corrected chi connectivity index (χ2v) is 6.39. The summed E-state index contributed by atoms with van der Waals surface area (Å²) in [6.45, 7) is 9.29. The maximum atomic E-state index is 6.10. The fraction of sp³-hybridized carbons (Fsp3) is 0.571. The first kappa shape index (κ1) is 11.0. The maximum Gasteiger partial charge on any atom is 0.0409 e. The SMILES string of the molecule is CC1(C)CCC(C)(C)c2cc(Cl)ccc21. The van der Waals surface area contributed by atoms with Gasteiger partial charge in [0.25, 0.3) is 0 Å². The van der Waals surface area contributed by atoms with Crippen molar-refractivity contribution in [2.24, 2.45) is 0 Å². The van der Waals surface area contributed by atoms with E-state index in [0.717, 1.165) is 5.02 Å². The van der Waals surface area contributed by atoms with Crippen molar-refractivity contribution >= 4 is 11.6 Å². The largest absolute Gasteiger partial charge is 0.0843 e. The molecule has 0 aliphatic heterocycles. The van der Waals surface area contributed by atoms with Crippen LogP contribution in [0.3, 0.4) is 0 Å². The Morgan fingerprint density at radius 2 is 1.47 bits per heavy atom. The summed E-state index contributed by atoms with van der Waals surface area (Å²) >= 11 is 6.10. The van der Waals surface area contributed by atoms with Crippen LogP contribution >= 0.6 is 11.6 Å². The zero-order valence-electron chi connectivity index (χ0n) is 10.0. The van der Waals surface area contributed by atoms with E-state index in [0.29, 0.717) is 5.41 Å². The molecule has 1 heteroatoms. The third-order valence-corrected chi connectivity index (χ3v) is 4.05. The molecule has 0 radical (unpaired) electrons. The summed E-state index contributed by atoms with van der Waals surface area (Å²) in [5.74, 6) is 0. The molecule has 0 bridgehead atoms. The number of benzene rings is 1. The molecule has 2 rings (SSSR count). The summed E-state index contributed by atoms with van der Waals surface area (Å²) in [5, 5.41) is 0.861. The normalized spacial score (nSPS) is 22.2. The van der Waals surface area contributed by atoms with Gasteiger partial charge in [-0.05, 0) is 46.9 Å². The standard InChI is InChI=1S/C14H19Cl/c1-13(2)7-8-14(3,4)12-9-10(15)5-6-11(12)13/h5-6,9H,7-8H2,1-4H3. The van der Waals surface area contributed by atoms with Gasteiger partial charge in [-0.15, -0.1) is 0 Å². The number of hydrogen-bond donors (Lipinski definition) is 0. The summed E-state index contributed by atoms with van der Waals surface area (Å²) in [7, 11) is 0. The van der Waals surface area contributed by atoms with Crippen LogP contribution < -0.4 is 0 Å². The fourth-order valence-corrected chi connectivity index (χ4v) is 2.73. The monoisotopic (exact) mass is 222 g/mol. The average molecular weight is 223 g/mol. The Bertz CT molecular complexity index is 388.